The standard InChI is InChI=1S/C20H29ClN6O3Si/c1-31(2,3)10-9-30-13-26-22-12-16(25-26)23-15-11-14(21)17-18(28)24-20(27(17)19(15)29)7-5-4-6-8-20/h11-12H,4-10,13H2,1-3H3,(H,23,25)(H,24,28). The molecule has 1 fully saturated rings. The zero-order valence-electron chi connectivity index (χ0n) is 18.2. The van der Waals surface area contributed by atoms with Gasteiger partial charge in [-0.05, 0) is 37.8 Å². The fourth-order valence-corrected chi connectivity index (χ4v) is 5.22. The first-order valence-electron chi connectivity index (χ1n) is 10.7. The van der Waals surface area contributed by atoms with E-state index in [4.69, 9.17) is 16.3 Å². The number of fused-ring (bicyclic) bond motifs is 2. The van der Waals surface area contributed by atoms with Gasteiger partial charge in [0.1, 0.15) is 17.0 Å². The van der Waals surface area contributed by atoms with E-state index in [-0.39, 0.29) is 34.6 Å². The lowest BCUT2D eigenvalue weighted by Crippen LogP contribution is -2.48. The van der Waals surface area contributed by atoms with E-state index in [2.05, 4.69) is 40.5 Å². The summed E-state index contributed by atoms with van der Waals surface area (Å²) in [4.78, 5) is 27.3. The molecule has 1 aliphatic heterocycles. The molecule has 3 heterocycles. The van der Waals surface area contributed by atoms with Crippen LogP contribution in [0.15, 0.2) is 17.1 Å². The number of rotatable bonds is 7. The molecule has 11 heteroatoms. The summed E-state index contributed by atoms with van der Waals surface area (Å²) >= 11 is 6.42. The molecule has 4 rings (SSSR count). The number of carbonyl (C=O) groups is 1. The Balaban J connectivity index is 1.52. The van der Waals surface area contributed by atoms with Gasteiger partial charge in [0.25, 0.3) is 11.5 Å². The van der Waals surface area contributed by atoms with Gasteiger partial charge in [-0.3, -0.25) is 14.2 Å². The van der Waals surface area contributed by atoms with Crippen molar-refractivity contribution in [2.24, 2.45) is 0 Å². The second kappa shape index (κ2) is 8.40. The van der Waals surface area contributed by atoms with Gasteiger partial charge in [-0.2, -0.15) is 9.90 Å². The highest BCUT2D eigenvalue weighted by Crippen LogP contribution is 2.38. The van der Waals surface area contributed by atoms with Gasteiger partial charge in [0.2, 0.25) is 0 Å². The smallest absolute Gasteiger partial charge is 0.276 e. The number of carbonyl (C=O) groups excluding carboxylic acids is 1. The molecule has 0 unspecified atom stereocenters. The first-order chi connectivity index (χ1) is 14.7. The molecule has 0 radical (unpaired) electrons. The number of ether oxygens (including phenoxy) is 1. The normalized spacial score (nSPS) is 17.6. The molecule has 0 saturated heterocycles. The van der Waals surface area contributed by atoms with Crippen molar-refractivity contribution in [3.8, 4) is 0 Å². The van der Waals surface area contributed by atoms with Gasteiger partial charge in [0.15, 0.2) is 12.5 Å². The fourth-order valence-electron chi connectivity index (χ4n) is 4.18. The van der Waals surface area contributed by atoms with Crippen LogP contribution in [0.25, 0.3) is 0 Å². The van der Waals surface area contributed by atoms with Crippen LogP contribution in [-0.2, 0) is 17.1 Å². The second-order valence-corrected chi connectivity index (χ2v) is 15.5. The highest BCUT2D eigenvalue weighted by molar-refractivity contribution is 6.76. The number of halogens is 1. The van der Waals surface area contributed by atoms with Crippen LogP contribution in [0.5, 0.6) is 0 Å². The molecule has 0 atom stereocenters. The van der Waals surface area contributed by atoms with Gasteiger partial charge in [-0.1, -0.05) is 37.7 Å². The first-order valence-corrected chi connectivity index (χ1v) is 14.8. The maximum absolute atomic E-state index is 13.3. The van der Waals surface area contributed by atoms with Crippen molar-refractivity contribution in [3.05, 3.63) is 33.3 Å². The maximum atomic E-state index is 13.3. The SMILES string of the molecule is C[Si](C)(C)CCOCn1ncc(Nc2cc(Cl)c3n(c2=O)C2(CCCCC2)NC3=O)n1. The number of pyridine rings is 1. The molecule has 2 aromatic heterocycles. The van der Waals surface area contributed by atoms with Crippen molar-refractivity contribution >= 4 is 37.1 Å². The van der Waals surface area contributed by atoms with Crippen molar-refractivity contribution in [3.63, 3.8) is 0 Å². The lowest BCUT2D eigenvalue weighted by atomic mass is 9.89. The fraction of sp³-hybridized carbons (Fsp3) is 0.600. The maximum Gasteiger partial charge on any atom is 0.276 e. The van der Waals surface area contributed by atoms with E-state index in [0.717, 1.165) is 38.1 Å². The van der Waals surface area contributed by atoms with Crippen LogP contribution in [0.4, 0.5) is 11.5 Å². The summed E-state index contributed by atoms with van der Waals surface area (Å²) in [5, 5.41) is 14.8. The zero-order valence-corrected chi connectivity index (χ0v) is 20.0. The molecular formula is C20H29ClN6O3Si. The Kier molecular flexibility index (Phi) is 5.97. The Morgan fingerprint density at radius 3 is 2.71 bits per heavy atom. The third-order valence-electron chi connectivity index (χ3n) is 5.83. The quantitative estimate of drug-likeness (QED) is 0.480. The molecule has 0 bridgehead atoms. The predicted octanol–water partition coefficient (Wildman–Crippen LogP) is 3.51. The van der Waals surface area contributed by atoms with Gasteiger partial charge in [-0.25, -0.2) is 0 Å². The van der Waals surface area contributed by atoms with E-state index in [1.165, 1.54) is 17.1 Å². The van der Waals surface area contributed by atoms with Crippen LogP contribution >= 0.6 is 11.6 Å². The molecule has 1 saturated carbocycles. The molecule has 9 nitrogen and oxygen atoms in total. The molecule has 1 spiro atoms. The molecule has 2 aliphatic rings. The average Bonchev–Trinajstić information content (AvgIpc) is 3.25. The van der Waals surface area contributed by atoms with Crippen molar-refractivity contribution in [1.29, 1.82) is 0 Å². The monoisotopic (exact) mass is 464 g/mol. The van der Waals surface area contributed by atoms with Crippen LogP contribution in [0.1, 0.15) is 42.6 Å². The third-order valence-corrected chi connectivity index (χ3v) is 7.82. The van der Waals surface area contributed by atoms with Crippen molar-refractivity contribution in [2.75, 3.05) is 11.9 Å². The number of aromatic nitrogens is 4. The first kappa shape index (κ1) is 22.0. The molecule has 1 aliphatic carbocycles. The lowest BCUT2D eigenvalue weighted by Gasteiger charge is -2.35. The van der Waals surface area contributed by atoms with Crippen LogP contribution < -0.4 is 16.2 Å². The number of hydrogen-bond acceptors (Lipinski definition) is 6. The lowest BCUT2D eigenvalue weighted by molar-refractivity contribution is 0.0687. The van der Waals surface area contributed by atoms with Gasteiger partial charge < -0.3 is 15.4 Å². The minimum absolute atomic E-state index is 0.235. The number of nitrogens with zero attached hydrogens (tertiary/aromatic N) is 4. The van der Waals surface area contributed by atoms with Gasteiger partial charge in [0, 0.05) is 14.7 Å². The minimum atomic E-state index is -1.15. The highest BCUT2D eigenvalue weighted by atomic mass is 35.5. The second-order valence-electron chi connectivity index (χ2n) is 9.52. The minimum Gasteiger partial charge on any atom is -0.358 e. The summed E-state index contributed by atoms with van der Waals surface area (Å²) in [5.41, 5.74) is -0.480. The van der Waals surface area contributed by atoms with Gasteiger partial charge in [-0.15, -0.1) is 5.10 Å². The van der Waals surface area contributed by atoms with E-state index in [0.29, 0.717) is 12.4 Å². The van der Waals surface area contributed by atoms with Crippen molar-refractivity contribution in [1.82, 2.24) is 24.9 Å². The van der Waals surface area contributed by atoms with Gasteiger partial charge >= 0.3 is 0 Å². The summed E-state index contributed by atoms with van der Waals surface area (Å²) in [6.07, 6.45) is 5.97. The third kappa shape index (κ3) is 4.56. The van der Waals surface area contributed by atoms with Crippen LogP contribution in [0.3, 0.4) is 0 Å². The van der Waals surface area contributed by atoms with Crippen molar-refractivity contribution < 1.29 is 9.53 Å². The van der Waals surface area contributed by atoms with Gasteiger partial charge in [0.05, 0.1) is 11.2 Å². The number of amides is 1. The highest BCUT2D eigenvalue weighted by Gasteiger charge is 2.45. The molecule has 31 heavy (non-hydrogen) atoms. The van der Waals surface area contributed by atoms with E-state index in [1.807, 2.05) is 0 Å². The molecule has 2 aromatic rings. The summed E-state index contributed by atoms with van der Waals surface area (Å²) in [6, 6.07) is 2.55. The number of nitrogens with one attached hydrogen (secondary N) is 2. The van der Waals surface area contributed by atoms with E-state index >= 15 is 0 Å². The van der Waals surface area contributed by atoms with E-state index in [9.17, 15) is 9.59 Å². The summed E-state index contributed by atoms with van der Waals surface area (Å²) in [6.45, 7) is 7.81. The summed E-state index contributed by atoms with van der Waals surface area (Å²) < 4.78 is 7.21. The Hall–Kier alpha value is -2.17. The topological polar surface area (TPSA) is 103 Å². The Morgan fingerprint density at radius 1 is 1.26 bits per heavy atom. The Bertz CT molecular complexity index is 1040. The molecule has 1 amide bonds. The number of hydrogen-bond donors (Lipinski definition) is 2. The van der Waals surface area contributed by atoms with Crippen LogP contribution in [0.2, 0.25) is 30.7 Å². The van der Waals surface area contributed by atoms with Crippen molar-refractivity contribution in [2.45, 2.75) is 70.2 Å². The largest absolute Gasteiger partial charge is 0.358 e. The molecule has 168 valence electrons. The Labute approximate surface area is 187 Å². The number of anilines is 2. The predicted molar refractivity (Wildman–Crippen MR) is 122 cm³/mol. The van der Waals surface area contributed by atoms with Crippen LogP contribution in [-0.4, -0.2) is 40.1 Å². The summed E-state index contributed by atoms with van der Waals surface area (Å²) in [7, 11) is -1.15. The Morgan fingerprint density at radius 2 is 2.00 bits per heavy atom. The molecule has 2 N–H and O–H groups in total. The van der Waals surface area contributed by atoms with E-state index < -0.39 is 13.7 Å². The summed E-state index contributed by atoms with van der Waals surface area (Å²) in [5.74, 6) is 0.120. The zero-order chi connectivity index (χ0) is 22.2. The molecule has 0 aromatic carbocycles. The van der Waals surface area contributed by atoms with E-state index in [1.54, 1.807) is 4.57 Å². The van der Waals surface area contributed by atoms with Crippen LogP contribution in [0, 0.1) is 0 Å². The molecular weight excluding hydrogens is 436 g/mol. The average molecular weight is 465 g/mol.